The van der Waals surface area contributed by atoms with Gasteiger partial charge in [0, 0.05) is 17.1 Å². The molecule has 0 saturated carbocycles. The molecule has 29 heavy (non-hydrogen) atoms. The first kappa shape index (κ1) is 19.2. The van der Waals surface area contributed by atoms with Gasteiger partial charge in [0.05, 0.1) is 21.7 Å². The number of carbonyl (C=O) groups is 2. The molecule has 0 aliphatic heterocycles. The van der Waals surface area contributed by atoms with Crippen molar-refractivity contribution in [1.29, 1.82) is 0 Å². The predicted molar refractivity (Wildman–Crippen MR) is 115 cm³/mol. The van der Waals surface area contributed by atoms with E-state index in [1.54, 1.807) is 13.1 Å². The molecule has 0 aliphatic carbocycles. The third-order valence-electron chi connectivity index (χ3n) is 4.34. The molecule has 146 valence electrons. The van der Waals surface area contributed by atoms with Gasteiger partial charge in [0.1, 0.15) is 5.03 Å². The number of nitrogens with one attached hydrogen (secondary N) is 3. The normalized spacial score (nSPS) is 10.8. The van der Waals surface area contributed by atoms with E-state index in [2.05, 4.69) is 25.8 Å². The molecule has 4 rings (SSSR count). The summed E-state index contributed by atoms with van der Waals surface area (Å²) in [7, 11) is 0. The highest BCUT2D eigenvalue weighted by Crippen LogP contribution is 2.27. The second kappa shape index (κ2) is 8.06. The fraction of sp³-hybridized carbons (Fsp3) is 0.100. The van der Waals surface area contributed by atoms with E-state index in [9.17, 15) is 9.59 Å². The summed E-state index contributed by atoms with van der Waals surface area (Å²) >= 11 is 2.90. The van der Waals surface area contributed by atoms with E-state index in [1.165, 1.54) is 23.1 Å². The number of aromatic nitrogens is 3. The second-order valence-electron chi connectivity index (χ2n) is 6.15. The number of aryl methyl sites for hydroxylation is 1. The number of hydrogen-bond donors (Lipinski definition) is 3. The summed E-state index contributed by atoms with van der Waals surface area (Å²) in [5.41, 5.74) is 7.15. The van der Waals surface area contributed by atoms with Gasteiger partial charge in [0.25, 0.3) is 11.8 Å². The Hall–Kier alpha value is -3.17. The van der Waals surface area contributed by atoms with Crippen LogP contribution in [0.5, 0.6) is 0 Å². The lowest BCUT2D eigenvalue weighted by Gasteiger charge is -2.12. The first-order chi connectivity index (χ1) is 14.1. The Morgan fingerprint density at radius 2 is 1.86 bits per heavy atom. The number of fused-ring (bicyclic) bond motifs is 1. The number of hydrogen-bond acceptors (Lipinski definition) is 6. The summed E-state index contributed by atoms with van der Waals surface area (Å²) in [5.74, 6) is -0.283. The minimum absolute atomic E-state index is 0.344. The van der Waals surface area contributed by atoms with Crippen LogP contribution in [0.3, 0.4) is 0 Å². The molecule has 0 bridgehead atoms. The van der Waals surface area contributed by atoms with E-state index in [4.69, 9.17) is 0 Å². The maximum atomic E-state index is 12.8. The molecule has 0 radical (unpaired) electrons. The van der Waals surface area contributed by atoms with Gasteiger partial charge in [0.2, 0.25) is 0 Å². The van der Waals surface area contributed by atoms with Crippen LogP contribution in [-0.2, 0) is 0 Å². The average molecular weight is 424 g/mol. The van der Waals surface area contributed by atoms with Crippen molar-refractivity contribution in [2.45, 2.75) is 11.9 Å². The highest BCUT2D eigenvalue weighted by atomic mass is 32.2. The zero-order valence-corrected chi connectivity index (χ0v) is 17.3. The molecular formula is C20H17N5O2S2. The molecule has 0 saturated heterocycles. The Balaban J connectivity index is 1.54. The summed E-state index contributed by atoms with van der Waals surface area (Å²) < 4.78 is 0. The number of benzene rings is 1. The van der Waals surface area contributed by atoms with Crippen molar-refractivity contribution in [3.8, 4) is 10.7 Å². The number of rotatable bonds is 4. The number of carbonyl (C=O) groups excluding carboxylic acids is 2. The molecule has 0 spiro atoms. The van der Waals surface area contributed by atoms with Crippen LogP contribution in [0.15, 0.2) is 53.0 Å². The van der Waals surface area contributed by atoms with Gasteiger partial charge in [-0.1, -0.05) is 24.3 Å². The van der Waals surface area contributed by atoms with Crippen molar-refractivity contribution < 1.29 is 9.59 Å². The second-order valence-corrected chi connectivity index (χ2v) is 7.89. The molecule has 0 aliphatic rings. The summed E-state index contributed by atoms with van der Waals surface area (Å²) in [4.78, 5) is 38.2. The highest BCUT2D eigenvalue weighted by molar-refractivity contribution is 7.98. The van der Waals surface area contributed by atoms with E-state index in [1.807, 2.05) is 48.0 Å². The van der Waals surface area contributed by atoms with Crippen molar-refractivity contribution in [1.82, 2.24) is 25.8 Å². The van der Waals surface area contributed by atoms with E-state index in [-0.39, 0.29) is 0 Å². The first-order valence-electron chi connectivity index (χ1n) is 8.71. The van der Waals surface area contributed by atoms with Gasteiger partial charge >= 0.3 is 0 Å². The molecule has 0 unspecified atom stereocenters. The van der Waals surface area contributed by atoms with Crippen molar-refractivity contribution in [3.05, 3.63) is 64.8 Å². The van der Waals surface area contributed by atoms with Crippen molar-refractivity contribution in [3.63, 3.8) is 0 Å². The summed E-state index contributed by atoms with van der Waals surface area (Å²) in [6, 6.07) is 11.3. The van der Waals surface area contributed by atoms with Gasteiger partial charge < -0.3 is 4.98 Å². The molecule has 0 fully saturated rings. The number of nitrogens with zero attached hydrogens (tertiary/aromatic N) is 2. The average Bonchev–Trinajstić information content (AvgIpc) is 3.41. The van der Waals surface area contributed by atoms with Gasteiger partial charge in [-0.15, -0.1) is 23.1 Å². The van der Waals surface area contributed by atoms with Crippen molar-refractivity contribution >= 4 is 45.8 Å². The Morgan fingerprint density at radius 3 is 2.62 bits per heavy atom. The van der Waals surface area contributed by atoms with Gasteiger partial charge in [-0.05, 0) is 30.7 Å². The lowest BCUT2D eigenvalue weighted by Crippen LogP contribution is -2.42. The minimum atomic E-state index is -0.460. The lowest BCUT2D eigenvalue weighted by molar-refractivity contribution is 0.0845. The predicted octanol–water partition coefficient (Wildman–Crippen LogP) is 3.79. The quantitative estimate of drug-likeness (QED) is 0.263. The van der Waals surface area contributed by atoms with Crippen molar-refractivity contribution in [2.75, 3.05) is 6.26 Å². The largest absolute Gasteiger partial charge is 0.360 e. The number of thiophene rings is 1. The number of thioether (sulfide) groups is 1. The van der Waals surface area contributed by atoms with Crippen LogP contribution in [0, 0.1) is 6.92 Å². The molecule has 3 N–H and O–H groups in total. The third kappa shape index (κ3) is 3.74. The first-order valence-corrected chi connectivity index (χ1v) is 10.8. The standard InChI is InChI=1S/C20H17N5O2S2/c1-11-16(20(28-2)23-17(22-11)15-8-5-9-29-15)19(27)25-24-18(26)13-10-21-14-7-4-3-6-12(13)14/h3-10,21H,1-2H3,(H,24,26)(H,25,27). The van der Waals surface area contributed by atoms with Crippen LogP contribution in [0.2, 0.25) is 0 Å². The van der Waals surface area contributed by atoms with Crippen LogP contribution in [-0.4, -0.2) is 33.0 Å². The molecule has 4 aromatic rings. The third-order valence-corrected chi connectivity index (χ3v) is 5.89. The Labute approximate surface area is 174 Å². The van der Waals surface area contributed by atoms with E-state index in [0.29, 0.717) is 27.7 Å². The molecule has 2 amide bonds. The van der Waals surface area contributed by atoms with Gasteiger partial charge in [0.15, 0.2) is 5.82 Å². The van der Waals surface area contributed by atoms with Gasteiger partial charge in [-0.25, -0.2) is 9.97 Å². The number of para-hydroxylation sites is 1. The number of aromatic amines is 1. The van der Waals surface area contributed by atoms with Crippen LogP contribution < -0.4 is 10.9 Å². The van der Waals surface area contributed by atoms with Crippen molar-refractivity contribution in [2.24, 2.45) is 0 Å². The summed E-state index contributed by atoms with van der Waals surface area (Å²) in [6.07, 6.45) is 3.46. The molecule has 0 atom stereocenters. The SMILES string of the molecule is CSc1nc(-c2cccs2)nc(C)c1C(=O)NNC(=O)c1c[nH]c2ccccc12. The number of hydrazine groups is 1. The highest BCUT2D eigenvalue weighted by Gasteiger charge is 2.20. The fourth-order valence-electron chi connectivity index (χ4n) is 2.97. The number of H-pyrrole nitrogens is 1. The summed E-state index contributed by atoms with van der Waals surface area (Å²) in [5, 5.41) is 3.29. The topological polar surface area (TPSA) is 99.8 Å². The molecule has 1 aromatic carbocycles. The Bertz CT molecular complexity index is 1200. The van der Waals surface area contributed by atoms with Crippen LogP contribution in [0.25, 0.3) is 21.6 Å². The van der Waals surface area contributed by atoms with Gasteiger partial charge in [-0.2, -0.15) is 0 Å². The lowest BCUT2D eigenvalue weighted by atomic mass is 10.2. The molecule has 3 aromatic heterocycles. The Kier molecular flexibility index (Phi) is 5.32. The van der Waals surface area contributed by atoms with Crippen LogP contribution >= 0.6 is 23.1 Å². The minimum Gasteiger partial charge on any atom is -0.360 e. The Morgan fingerprint density at radius 1 is 1.07 bits per heavy atom. The fourth-order valence-corrected chi connectivity index (χ4v) is 4.25. The van der Waals surface area contributed by atoms with E-state index < -0.39 is 11.8 Å². The molecule has 3 heterocycles. The molecule has 9 heteroatoms. The smallest absolute Gasteiger partial charge is 0.274 e. The van der Waals surface area contributed by atoms with E-state index >= 15 is 0 Å². The van der Waals surface area contributed by atoms with E-state index in [0.717, 1.165) is 15.8 Å². The van der Waals surface area contributed by atoms with Gasteiger partial charge in [-0.3, -0.25) is 20.4 Å². The monoisotopic (exact) mass is 423 g/mol. The van der Waals surface area contributed by atoms with Crippen LogP contribution in [0.1, 0.15) is 26.4 Å². The van der Waals surface area contributed by atoms with Crippen LogP contribution in [0.4, 0.5) is 0 Å². The molecule has 7 nitrogen and oxygen atoms in total. The zero-order valence-electron chi connectivity index (χ0n) is 15.6. The number of amides is 2. The maximum Gasteiger partial charge on any atom is 0.274 e. The maximum absolute atomic E-state index is 12.8. The summed E-state index contributed by atoms with van der Waals surface area (Å²) in [6.45, 7) is 1.76. The zero-order chi connectivity index (χ0) is 20.4. The molecular weight excluding hydrogens is 406 g/mol.